The maximum Gasteiger partial charge on any atom is 0.417 e. The molecule has 31 heteroatoms. The van der Waals surface area contributed by atoms with Gasteiger partial charge in [-0.05, 0) is 118 Å². The number of nitrogens with two attached hydrogens (primary N) is 1. The van der Waals surface area contributed by atoms with Crippen molar-refractivity contribution in [1.82, 2.24) is 66.9 Å². The minimum Gasteiger partial charge on any atom is -0.507 e. The molecule has 1 unspecified atom stereocenters. The Bertz CT molecular complexity index is 3970. The number of benzene rings is 3. The normalized spacial score (nSPS) is 18.4. The lowest BCUT2D eigenvalue weighted by Gasteiger charge is -2.48. The number of piperidine rings is 1. The molecule has 8 atom stereocenters. The third kappa shape index (κ3) is 21.2. The van der Waals surface area contributed by atoms with Gasteiger partial charge in [-0.15, -0.1) is 21.5 Å². The number of urea groups is 1. The van der Waals surface area contributed by atoms with E-state index < -0.39 is 60.3 Å². The lowest BCUT2D eigenvalue weighted by molar-refractivity contribution is -0.141. The molecular formula is C75H99IN16O13S. The number of phenols is 1. The number of likely N-dealkylation sites (tertiary alicyclic amines) is 2. The monoisotopic (exact) mass is 1590 g/mol. The molecule has 3 aromatic carbocycles. The number of para-hydroxylation sites is 1. The van der Waals surface area contributed by atoms with Crippen molar-refractivity contribution < 1.29 is 62.6 Å². The summed E-state index contributed by atoms with van der Waals surface area (Å²) >= 11 is 3.56. The van der Waals surface area contributed by atoms with Crippen LogP contribution in [0.5, 0.6) is 11.6 Å². The summed E-state index contributed by atoms with van der Waals surface area (Å²) in [5.74, 6) is -2.68. The van der Waals surface area contributed by atoms with Gasteiger partial charge >= 0.3 is 12.1 Å². The summed E-state index contributed by atoms with van der Waals surface area (Å²) < 4.78 is 18.6. The van der Waals surface area contributed by atoms with Crippen LogP contribution in [0.1, 0.15) is 133 Å². The van der Waals surface area contributed by atoms with Crippen LogP contribution in [0.3, 0.4) is 0 Å². The average Bonchev–Trinajstić information content (AvgIpc) is 0.847. The van der Waals surface area contributed by atoms with Crippen molar-refractivity contribution in [2.24, 2.45) is 23.5 Å². The van der Waals surface area contributed by atoms with Crippen LogP contribution in [0.25, 0.3) is 21.7 Å². The van der Waals surface area contributed by atoms with Crippen LogP contribution in [0.15, 0.2) is 101 Å². The van der Waals surface area contributed by atoms with Gasteiger partial charge in [-0.3, -0.25) is 43.5 Å². The number of aromatic nitrogens is 4. The molecule has 3 fully saturated rings. The van der Waals surface area contributed by atoms with Gasteiger partial charge < -0.3 is 71.6 Å². The number of amides is 9. The van der Waals surface area contributed by atoms with Crippen LogP contribution in [0.4, 0.5) is 21.1 Å². The summed E-state index contributed by atoms with van der Waals surface area (Å²) in [4.78, 5) is 124. The van der Waals surface area contributed by atoms with E-state index in [1.165, 1.54) is 9.80 Å². The van der Waals surface area contributed by atoms with Crippen molar-refractivity contribution in [3.63, 3.8) is 0 Å². The number of aromatic hydroxyl groups is 1. The molecule has 10 N–H and O–H groups in total. The van der Waals surface area contributed by atoms with Crippen molar-refractivity contribution in [3.05, 3.63) is 119 Å². The standard InChI is InChI=1S/C75H99IN16O13S/c1-45(2)65(73(100)91-43-54(93)36-59(91)70(98)81-47(5)50-22-24-51(25-23-50)67-48(6)80-44-106-67)61-38-64(87-105-61)103-35-34-88-30-26-49(27-31-88)40-89-32-33-90-53(41-89)42-92(68-58(90)37-57(85-86-68)55-18-12-13-20-60(55)94)75(102)104-72(52-16-9-7-10-17-52)84-69(97)56(19-15-29-79-74(77)101)82-71(99)66(46(3)4)83-62(95)21-11-8-14-28-78-63(96)39-76/h7,9-10,12-13,16-18,20,22-25,37-38,44-47,49,53-54,56,59,65-66,72,93-94H,8,11,14-15,19,21,26-36,39-43H2,1-6H3,(H,78,96)(H,81,98)(H,82,99)(H,83,95)(H,84,97)(H3,77,79,101)/t47-,53+,54+,56-,59-,65+,66-,72?/m0/s1. The number of anilines is 2. The number of β-amino-alcohol motifs (C(OH)–C–C–N with tert-alkyl or cyclic N) is 1. The first kappa shape index (κ1) is 79.5. The smallest absolute Gasteiger partial charge is 0.417 e. The van der Waals surface area contributed by atoms with E-state index in [1.54, 1.807) is 85.8 Å². The molecule has 4 aliphatic rings. The number of aryl methyl sites for hydroxylation is 1. The van der Waals surface area contributed by atoms with E-state index in [-0.39, 0.29) is 110 Å². The van der Waals surface area contributed by atoms with Crippen molar-refractivity contribution in [2.75, 3.05) is 92.8 Å². The highest BCUT2D eigenvalue weighted by Crippen LogP contribution is 2.41. The number of primary amides is 1. The Hall–Kier alpha value is -9.05. The Balaban J connectivity index is 0.747. The van der Waals surface area contributed by atoms with E-state index in [0.29, 0.717) is 90.7 Å². The number of nitrogens with zero attached hydrogens (tertiary/aromatic N) is 9. The van der Waals surface area contributed by atoms with Crippen molar-refractivity contribution in [3.8, 4) is 33.3 Å². The quantitative estimate of drug-likeness (QED) is 0.00859. The van der Waals surface area contributed by atoms with Gasteiger partial charge in [0.25, 0.3) is 5.88 Å². The minimum absolute atomic E-state index is 0.00660. The maximum atomic E-state index is 15.1. The number of carbonyl (C=O) groups excluding carboxylic acids is 8. The highest BCUT2D eigenvalue weighted by molar-refractivity contribution is 14.1. The van der Waals surface area contributed by atoms with Gasteiger partial charge in [-0.2, -0.15) is 0 Å². The molecule has 3 saturated heterocycles. The third-order valence-electron chi connectivity index (χ3n) is 19.9. The molecule has 0 aliphatic carbocycles. The molecule has 0 spiro atoms. The molecule has 29 nitrogen and oxygen atoms in total. The molecule has 7 heterocycles. The van der Waals surface area contributed by atoms with Gasteiger partial charge in [0.05, 0.1) is 56.6 Å². The number of halogens is 1. The predicted molar refractivity (Wildman–Crippen MR) is 407 cm³/mol. The summed E-state index contributed by atoms with van der Waals surface area (Å²) in [7, 11) is 0. The molecule has 6 aromatic rings. The molecular weight excluding hydrogens is 1490 g/mol. The molecule has 570 valence electrons. The van der Waals surface area contributed by atoms with Crippen LogP contribution < -0.4 is 52.2 Å². The number of phenolic OH excluding ortho intramolecular Hbond substituents is 1. The molecule has 9 amide bonds. The van der Waals surface area contributed by atoms with Crippen LogP contribution in [-0.4, -0.2) is 206 Å². The molecule has 0 saturated carbocycles. The Morgan fingerprint density at radius 3 is 2.22 bits per heavy atom. The predicted octanol–water partition coefficient (Wildman–Crippen LogP) is 7.09. The van der Waals surface area contributed by atoms with Gasteiger partial charge in [0.15, 0.2) is 11.6 Å². The number of alkyl halides is 1. The first-order valence-corrected chi connectivity index (χ1v) is 39.0. The molecule has 0 radical (unpaired) electrons. The summed E-state index contributed by atoms with van der Waals surface area (Å²) in [6.07, 6.45) is 1.12. The molecule has 4 aliphatic heterocycles. The van der Waals surface area contributed by atoms with Gasteiger partial charge in [-0.25, -0.2) is 14.6 Å². The highest BCUT2D eigenvalue weighted by atomic mass is 127. The first-order chi connectivity index (χ1) is 51.0. The second kappa shape index (κ2) is 38.0. The number of aliphatic hydroxyl groups excluding tert-OH is 1. The number of nitrogens with one attached hydrogen (secondary N) is 6. The first-order valence-electron chi connectivity index (χ1n) is 36.6. The lowest BCUT2D eigenvalue weighted by atomic mass is 9.91. The summed E-state index contributed by atoms with van der Waals surface area (Å²) in [5, 5.41) is 52.1. The van der Waals surface area contributed by atoms with E-state index in [2.05, 4.69) is 66.9 Å². The number of hydrogen-bond donors (Lipinski definition) is 9. The van der Waals surface area contributed by atoms with Gasteiger partial charge in [-0.1, -0.05) is 123 Å². The number of piperazine rings is 1. The number of fused-ring (bicyclic) bond motifs is 3. The summed E-state index contributed by atoms with van der Waals surface area (Å²) in [5.41, 5.74) is 11.9. The Kier molecular flexibility index (Phi) is 28.5. The lowest BCUT2D eigenvalue weighted by Crippen LogP contribution is -2.61. The Morgan fingerprint density at radius 2 is 1.51 bits per heavy atom. The topological polar surface area (TPSA) is 375 Å². The number of unbranched alkanes of at least 4 members (excludes halogenated alkanes) is 2. The van der Waals surface area contributed by atoms with Crippen LogP contribution >= 0.6 is 33.9 Å². The van der Waals surface area contributed by atoms with Gasteiger partial charge in [0.1, 0.15) is 36.4 Å². The fourth-order valence-electron chi connectivity index (χ4n) is 14.2. The molecule has 3 aromatic heterocycles. The maximum absolute atomic E-state index is 15.1. The SMILES string of the molecule is Cc1ncsc1-c1ccc([C@H](C)NC(=O)[C@@H]2C[C@@H](O)CN2C(=O)[C@@H](c2cc(OCCN3CCC(CN4CCN5c6cc(-c7ccccc7O)nnc6N(C(=O)OC(NC(=O)[C@H](CCCNC(N)=O)NC(=O)[C@@H](NC(=O)CCCCCNC(=O)CI)C(C)C)c6ccccc6)C[C@H]5C4)CC3)no2)C(C)C)cc1. The zero-order chi connectivity index (χ0) is 75.6. The van der Waals surface area contributed by atoms with E-state index in [9.17, 15) is 43.8 Å². The second-order valence-corrected chi connectivity index (χ2v) is 30.0. The Labute approximate surface area is 635 Å². The number of ether oxygens (including phenoxy) is 2. The largest absolute Gasteiger partial charge is 0.507 e. The fraction of sp³-hybridized carbons (Fsp3) is 0.520. The minimum atomic E-state index is -1.40. The molecule has 106 heavy (non-hydrogen) atoms. The zero-order valence-electron chi connectivity index (χ0n) is 60.9. The number of hydrogen-bond acceptors (Lipinski definition) is 21. The van der Waals surface area contributed by atoms with Crippen molar-refractivity contribution in [1.29, 1.82) is 0 Å². The number of carbonyl (C=O) groups is 8. The Morgan fingerprint density at radius 1 is 0.764 bits per heavy atom. The average molecular weight is 1590 g/mol. The summed E-state index contributed by atoms with van der Waals surface area (Å²) in [6.45, 7) is 17.3. The second-order valence-electron chi connectivity index (χ2n) is 28.4. The highest BCUT2D eigenvalue weighted by Gasteiger charge is 2.45. The fourth-order valence-corrected chi connectivity index (χ4v) is 15.2. The van der Waals surface area contributed by atoms with Crippen LogP contribution in [0.2, 0.25) is 0 Å². The third-order valence-corrected chi connectivity index (χ3v) is 21.6. The molecule has 0 bridgehead atoms. The molecule has 10 rings (SSSR count). The van der Waals surface area contributed by atoms with Gasteiger partial charge in [0.2, 0.25) is 41.7 Å². The number of aliphatic hydroxyl groups is 1. The van der Waals surface area contributed by atoms with E-state index in [0.717, 1.165) is 60.7 Å². The van der Waals surface area contributed by atoms with Crippen molar-refractivity contribution >= 4 is 93.0 Å². The zero-order valence-corrected chi connectivity index (χ0v) is 63.9. The number of rotatable bonds is 33. The summed E-state index contributed by atoms with van der Waals surface area (Å²) in [6, 6.07) is 22.3. The van der Waals surface area contributed by atoms with Crippen LogP contribution in [-0.2, 0) is 33.5 Å². The van der Waals surface area contributed by atoms with Gasteiger partial charge in [0, 0.05) is 82.4 Å². The van der Waals surface area contributed by atoms with E-state index in [1.807, 2.05) is 86.1 Å². The van der Waals surface area contributed by atoms with Crippen molar-refractivity contribution in [2.45, 2.75) is 148 Å². The van der Waals surface area contributed by atoms with E-state index in [4.69, 9.17) is 19.7 Å². The van der Waals surface area contributed by atoms with Crippen LogP contribution in [0, 0.1) is 24.7 Å². The number of thiazole rings is 1. The van der Waals surface area contributed by atoms with E-state index >= 15 is 4.79 Å².